The molecule has 6 nitrogen and oxygen atoms in total. The first kappa shape index (κ1) is 77.1. The second kappa shape index (κ2) is 68.6. The Labute approximate surface area is 494 Å². The fourth-order valence-electron chi connectivity index (χ4n) is 11.2. The maximum absolute atomic E-state index is 12.5. The van der Waals surface area contributed by atoms with Gasteiger partial charge in [0, 0.05) is 12.8 Å². The average molecular weight is 1110 g/mol. The lowest BCUT2D eigenvalue weighted by molar-refractivity contribution is -0.143. The van der Waals surface area contributed by atoms with Crippen LogP contribution in [0.2, 0.25) is 0 Å². The van der Waals surface area contributed by atoms with Crippen LogP contribution in [-0.4, -0.2) is 47.4 Å². The van der Waals surface area contributed by atoms with E-state index in [1.807, 2.05) is 6.08 Å². The first-order valence-electron chi connectivity index (χ1n) is 35.8. The van der Waals surface area contributed by atoms with Gasteiger partial charge < -0.3 is 20.3 Å². The van der Waals surface area contributed by atoms with Gasteiger partial charge in [-0.2, -0.15) is 0 Å². The Kier molecular flexibility index (Phi) is 66.9. The van der Waals surface area contributed by atoms with E-state index in [1.54, 1.807) is 6.08 Å². The Morgan fingerprint density at radius 3 is 0.987 bits per heavy atom. The van der Waals surface area contributed by atoms with Gasteiger partial charge in [0.05, 0.1) is 25.4 Å². The highest BCUT2D eigenvalue weighted by atomic mass is 16.5. The molecule has 0 aliphatic heterocycles. The van der Waals surface area contributed by atoms with Crippen molar-refractivity contribution in [3.63, 3.8) is 0 Å². The number of amides is 1. The van der Waals surface area contributed by atoms with E-state index in [-0.39, 0.29) is 18.5 Å². The minimum Gasteiger partial charge on any atom is -0.466 e. The van der Waals surface area contributed by atoms with Crippen LogP contribution in [0.15, 0.2) is 36.5 Å². The molecule has 0 fully saturated rings. The number of ether oxygens (including phenoxy) is 1. The van der Waals surface area contributed by atoms with Gasteiger partial charge >= 0.3 is 5.97 Å². The third-order valence-corrected chi connectivity index (χ3v) is 16.7. The van der Waals surface area contributed by atoms with Crippen molar-refractivity contribution in [2.75, 3.05) is 13.2 Å². The van der Waals surface area contributed by atoms with E-state index in [2.05, 4.69) is 43.5 Å². The Morgan fingerprint density at radius 1 is 0.354 bits per heavy atom. The summed E-state index contributed by atoms with van der Waals surface area (Å²) in [7, 11) is 0. The third kappa shape index (κ3) is 65.1. The molecule has 0 aromatic rings. The van der Waals surface area contributed by atoms with E-state index in [9.17, 15) is 19.8 Å². The highest BCUT2D eigenvalue weighted by Gasteiger charge is 2.18. The van der Waals surface area contributed by atoms with E-state index >= 15 is 0 Å². The molecular formula is C73H139NO5. The number of carbonyl (C=O) groups excluding carboxylic acids is 2. The van der Waals surface area contributed by atoms with Crippen molar-refractivity contribution < 1.29 is 24.5 Å². The van der Waals surface area contributed by atoms with Gasteiger partial charge in [-0.15, -0.1) is 0 Å². The Morgan fingerprint density at radius 2 is 0.633 bits per heavy atom. The SMILES string of the molecule is CCCCC/C=C\C/C=C\CCCCCCCCCC(=O)OCCCCCCCCCCCCCCCCCCCCCCCCCCCCC(=O)NC(CO)C(O)/C=C/CCCCCCCCCCCCCCCCCCC. The number of aliphatic hydroxyl groups is 2. The smallest absolute Gasteiger partial charge is 0.305 e. The van der Waals surface area contributed by atoms with Crippen LogP contribution < -0.4 is 5.32 Å². The van der Waals surface area contributed by atoms with Crippen LogP contribution in [0.3, 0.4) is 0 Å². The third-order valence-electron chi connectivity index (χ3n) is 16.7. The van der Waals surface area contributed by atoms with Crippen molar-refractivity contribution in [2.45, 2.75) is 405 Å². The summed E-state index contributed by atoms with van der Waals surface area (Å²) in [6.07, 6.45) is 87.9. The lowest BCUT2D eigenvalue weighted by Crippen LogP contribution is -2.45. The maximum atomic E-state index is 12.5. The normalized spacial score (nSPS) is 12.7. The summed E-state index contributed by atoms with van der Waals surface area (Å²) in [4.78, 5) is 24.6. The highest BCUT2D eigenvalue weighted by molar-refractivity contribution is 5.76. The molecule has 2 atom stereocenters. The number of allylic oxidation sites excluding steroid dienone is 5. The molecule has 0 aliphatic rings. The molecule has 2 unspecified atom stereocenters. The predicted molar refractivity (Wildman–Crippen MR) is 347 cm³/mol. The molecule has 0 saturated carbocycles. The van der Waals surface area contributed by atoms with Crippen LogP contribution in [0, 0.1) is 0 Å². The van der Waals surface area contributed by atoms with E-state index in [1.165, 1.54) is 315 Å². The zero-order valence-electron chi connectivity index (χ0n) is 53.4. The van der Waals surface area contributed by atoms with Crippen molar-refractivity contribution in [2.24, 2.45) is 0 Å². The molecule has 0 spiro atoms. The number of rotatable bonds is 67. The molecule has 0 aromatic heterocycles. The van der Waals surface area contributed by atoms with Gasteiger partial charge in [-0.25, -0.2) is 0 Å². The molecule has 1 amide bonds. The van der Waals surface area contributed by atoms with Gasteiger partial charge in [0.15, 0.2) is 0 Å². The standard InChI is InChI=1S/C73H139NO5/c1-3-5-7-9-11-13-15-17-19-21-30-34-37-41-45-49-53-57-61-65-71(76)70(69-75)74-72(77)66-62-58-54-50-46-42-38-35-31-28-26-24-22-23-25-27-29-32-36-40-44-48-52-56-60-64-68-79-73(78)67-63-59-55-51-47-43-39-33-20-18-16-14-12-10-8-6-4-2/h12,14,18,20,61,65,70-71,75-76H,3-11,13,15-17,19,21-60,62-64,66-69H2,1-2H3,(H,74,77)/b14-12-,20-18-,65-61+. The molecule has 0 heterocycles. The molecule has 6 heteroatoms. The fraction of sp³-hybridized carbons (Fsp3) is 0.890. The zero-order valence-corrected chi connectivity index (χ0v) is 53.4. The number of carbonyl (C=O) groups is 2. The van der Waals surface area contributed by atoms with Crippen LogP contribution in [0.4, 0.5) is 0 Å². The van der Waals surface area contributed by atoms with Crippen LogP contribution in [0.25, 0.3) is 0 Å². The van der Waals surface area contributed by atoms with Crippen molar-refractivity contribution >= 4 is 11.9 Å². The van der Waals surface area contributed by atoms with E-state index in [4.69, 9.17) is 4.74 Å². The van der Waals surface area contributed by atoms with Gasteiger partial charge in [-0.05, 0) is 64.2 Å². The lowest BCUT2D eigenvalue weighted by atomic mass is 10.0. The van der Waals surface area contributed by atoms with Crippen LogP contribution >= 0.6 is 0 Å². The number of hydrogen-bond acceptors (Lipinski definition) is 5. The molecule has 0 aliphatic carbocycles. The zero-order chi connectivity index (χ0) is 57.1. The number of esters is 1. The van der Waals surface area contributed by atoms with Crippen molar-refractivity contribution in [1.82, 2.24) is 5.32 Å². The minimum atomic E-state index is -0.844. The van der Waals surface area contributed by atoms with Gasteiger partial charge in [-0.3, -0.25) is 9.59 Å². The van der Waals surface area contributed by atoms with E-state index in [0.717, 1.165) is 51.4 Å². The quantitative estimate of drug-likeness (QED) is 0.0320. The lowest BCUT2D eigenvalue weighted by Gasteiger charge is -2.20. The molecule has 0 aromatic carbocycles. The second-order valence-corrected chi connectivity index (χ2v) is 24.6. The van der Waals surface area contributed by atoms with Gasteiger partial charge in [0.25, 0.3) is 0 Å². The number of nitrogens with one attached hydrogen (secondary N) is 1. The number of aliphatic hydroxyl groups excluding tert-OH is 2. The summed E-state index contributed by atoms with van der Waals surface area (Å²) >= 11 is 0. The topological polar surface area (TPSA) is 95.9 Å². The number of unbranched alkanes of at least 4 members (excludes halogenated alkanes) is 52. The summed E-state index contributed by atoms with van der Waals surface area (Å²) in [5.74, 6) is -0.0528. The molecule has 466 valence electrons. The van der Waals surface area contributed by atoms with Crippen LogP contribution in [0.5, 0.6) is 0 Å². The summed E-state index contributed by atoms with van der Waals surface area (Å²) < 4.78 is 5.50. The molecule has 0 saturated heterocycles. The molecule has 0 radical (unpaired) electrons. The maximum Gasteiger partial charge on any atom is 0.305 e. The van der Waals surface area contributed by atoms with Crippen LogP contribution in [0.1, 0.15) is 393 Å². The van der Waals surface area contributed by atoms with Gasteiger partial charge in [0.2, 0.25) is 5.91 Å². The van der Waals surface area contributed by atoms with Crippen molar-refractivity contribution in [3.8, 4) is 0 Å². The van der Waals surface area contributed by atoms with E-state index in [0.29, 0.717) is 19.4 Å². The van der Waals surface area contributed by atoms with E-state index < -0.39 is 12.1 Å². The monoisotopic (exact) mass is 1110 g/mol. The summed E-state index contributed by atoms with van der Waals surface area (Å²) in [5.41, 5.74) is 0. The summed E-state index contributed by atoms with van der Waals surface area (Å²) in [6, 6.07) is -0.627. The Balaban J connectivity index is 3.38. The summed E-state index contributed by atoms with van der Waals surface area (Å²) in [5, 5.41) is 23.2. The second-order valence-electron chi connectivity index (χ2n) is 24.6. The fourth-order valence-corrected chi connectivity index (χ4v) is 11.2. The van der Waals surface area contributed by atoms with Gasteiger partial charge in [0.1, 0.15) is 0 Å². The van der Waals surface area contributed by atoms with Crippen molar-refractivity contribution in [3.05, 3.63) is 36.5 Å². The summed E-state index contributed by atoms with van der Waals surface area (Å²) in [6.45, 7) is 4.91. The predicted octanol–water partition coefficient (Wildman–Crippen LogP) is 23.1. The molecule has 0 bridgehead atoms. The molecule has 3 N–H and O–H groups in total. The number of hydrogen-bond donors (Lipinski definition) is 3. The largest absolute Gasteiger partial charge is 0.466 e. The molecule has 0 rings (SSSR count). The molecular weight excluding hydrogens is 971 g/mol. The highest BCUT2D eigenvalue weighted by Crippen LogP contribution is 2.19. The Hall–Kier alpha value is -1.92. The average Bonchev–Trinajstić information content (AvgIpc) is 3.45. The minimum absolute atomic E-state index is 0.00960. The van der Waals surface area contributed by atoms with Crippen LogP contribution in [-0.2, 0) is 14.3 Å². The Bertz CT molecular complexity index is 1280. The van der Waals surface area contributed by atoms with Gasteiger partial charge in [-0.1, -0.05) is 352 Å². The van der Waals surface area contributed by atoms with Crippen molar-refractivity contribution in [1.29, 1.82) is 0 Å². The first-order chi connectivity index (χ1) is 39.0. The first-order valence-corrected chi connectivity index (χ1v) is 35.8. The molecule has 79 heavy (non-hydrogen) atoms.